The standard InChI is InChI=1S/C24H49N/c1-20(2)12-9-13-21(3)14-10-15-22(4)16-11-17-23(5)18-19-25-24(6,7)8/h18,20-22,25H,9-17,19H2,1-8H3. The minimum absolute atomic E-state index is 0.219. The summed E-state index contributed by atoms with van der Waals surface area (Å²) in [6.45, 7) is 19.5. The number of hydrogen-bond donors (Lipinski definition) is 1. The van der Waals surface area contributed by atoms with Crippen molar-refractivity contribution in [1.82, 2.24) is 5.32 Å². The normalized spacial score (nSPS) is 15.6. The van der Waals surface area contributed by atoms with E-state index in [0.717, 1.165) is 24.3 Å². The van der Waals surface area contributed by atoms with Gasteiger partial charge in [0.2, 0.25) is 0 Å². The van der Waals surface area contributed by atoms with E-state index in [1.54, 1.807) is 5.57 Å². The van der Waals surface area contributed by atoms with E-state index in [4.69, 9.17) is 0 Å². The summed E-state index contributed by atoms with van der Waals surface area (Å²) in [5.41, 5.74) is 1.76. The average Bonchev–Trinajstić information content (AvgIpc) is 2.45. The highest BCUT2D eigenvalue weighted by Gasteiger charge is 2.08. The van der Waals surface area contributed by atoms with Crippen LogP contribution in [0.3, 0.4) is 0 Å². The Morgan fingerprint density at radius 3 is 1.76 bits per heavy atom. The summed E-state index contributed by atoms with van der Waals surface area (Å²) in [5, 5.41) is 3.53. The molecule has 0 aromatic rings. The van der Waals surface area contributed by atoms with Crippen molar-refractivity contribution >= 4 is 0 Å². The second-order valence-corrected chi connectivity index (χ2v) is 10.0. The smallest absolute Gasteiger partial charge is 0.0142 e. The van der Waals surface area contributed by atoms with Gasteiger partial charge in [-0.1, -0.05) is 84.3 Å². The lowest BCUT2D eigenvalue weighted by molar-refractivity contribution is 0.389. The van der Waals surface area contributed by atoms with Crippen LogP contribution in [0.4, 0.5) is 0 Å². The molecule has 0 aliphatic carbocycles. The van der Waals surface area contributed by atoms with Gasteiger partial charge in [0.05, 0.1) is 0 Å². The van der Waals surface area contributed by atoms with Crippen molar-refractivity contribution in [3.05, 3.63) is 11.6 Å². The third-order valence-corrected chi connectivity index (χ3v) is 5.22. The Labute approximate surface area is 160 Å². The Kier molecular flexibility index (Phi) is 13.7. The zero-order valence-electron chi connectivity index (χ0n) is 18.9. The predicted molar refractivity (Wildman–Crippen MR) is 116 cm³/mol. The van der Waals surface area contributed by atoms with Gasteiger partial charge in [-0.15, -0.1) is 0 Å². The van der Waals surface area contributed by atoms with Crippen molar-refractivity contribution in [1.29, 1.82) is 0 Å². The molecule has 0 aromatic carbocycles. The van der Waals surface area contributed by atoms with E-state index in [9.17, 15) is 0 Å². The van der Waals surface area contributed by atoms with Crippen molar-refractivity contribution in [3.8, 4) is 0 Å². The van der Waals surface area contributed by atoms with Gasteiger partial charge < -0.3 is 5.32 Å². The molecule has 0 saturated carbocycles. The van der Waals surface area contributed by atoms with Crippen molar-refractivity contribution < 1.29 is 0 Å². The third kappa shape index (κ3) is 18.3. The van der Waals surface area contributed by atoms with Crippen LogP contribution in [-0.4, -0.2) is 12.1 Å². The molecule has 0 aromatic heterocycles. The van der Waals surface area contributed by atoms with E-state index in [0.29, 0.717) is 0 Å². The van der Waals surface area contributed by atoms with E-state index in [1.807, 2.05) is 0 Å². The summed E-state index contributed by atoms with van der Waals surface area (Å²) in [5.74, 6) is 2.68. The first-order valence-electron chi connectivity index (χ1n) is 11.0. The maximum Gasteiger partial charge on any atom is 0.0142 e. The molecule has 2 unspecified atom stereocenters. The fourth-order valence-corrected chi connectivity index (χ4v) is 3.34. The van der Waals surface area contributed by atoms with Gasteiger partial charge in [-0.2, -0.15) is 0 Å². The van der Waals surface area contributed by atoms with E-state index < -0.39 is 0 Å². The van der Waals surface area contributed by atoms with Crippen LogP contribution >= 0.6 is 0 Å². The summed E-state index contributed by atoms with van der Waals surface area (Å²) in [7, 11) is 0. The van der Waals surface area contributed by atoms with Gasteiger partial charge in [0.15, 0.2) is 0 Å². The largest absolute Gasteiger partial charge is 0.309 e. The van der Waals surface area contributed by atoms with Gasteiger partial charge >= 0.3 is 0 Å². The van der Waals surface area contributed by atoms with Crippen LogP contribution in [0.25, 0.3) is 0 Å². The molecule has 0 amide bonds. The van der Waals surface area contributed by atoms with E-state index >= 15 is 0 Å². The monoisotopic (exact) mass is 351 g/mol. The molecular formula is C24H49N. The molecule has 1 N–H and O–H groups in total. The van der Waals surface area contributed by atoms with E-state index in [1.165, 1.54) is 57.8 Å². The molecule has 0 radical (unpaired) electrons. The molecule has 2 atom stereocenters. The lowest BCUT2D eigenvalue weighted by atomic mass is 9.91. The first-order valence-corrected chi connectivity index (χ1v) is 11.0. The van der Waals surface area contributed by atoms with Crippen molar-refractivity contribution in [2.45, 2.75) is 119 Å². The lowest BCUT2D eigenvalue weighted by Crippen LogP contribution is -2.35. The second-order valence-electron chi connectivity index (χ2n) is 10.0. The minimum atomic E-state index is 0.219. The van der Waals surface area contributed by atoms with Gasteiger partial charge in [0.25, 0.3) is 0 Å². The highest BCUT2D eigenvalue weighted by molar-refractivity contribution is 4.99. The molecule has 0 aliphatic heterocycles. The predicted octanol–water partition coefficient (Wildman–Crippen LogP) is 7.76. The quantitative estimate of drug-likeness (QED) is 0.315. The van der Waals surface area contributed by atoms with Crippen LogP contribution in [0.1, 0.15) is 113 Å². The summed E-state index contributed by atoms with van der Waals surface area (Å²) in [6, 6.07) is 0. The molecule has 0 saturated heterocycles. The maximum absolute atomic E-state index is 3.53. The Hall–Kier alpha value is -0.300. The molecule has 0 spiro atoms. The second kappa shape index (κ2) is 13.8. The van der Waals surface area contributed by atoms with Crippen LogP contribution in [-0.2, 0) is 0 Å². The fraction of sp³-hybridized carbons (Fsp3) is 0.917. The van der Waals surface area contributed by atoms with E-state index in [-0.39, 0.29) is 5.54 Å². The Morgan fingerprint density at radius 2 is 1.28 bits per heavy atom. The molecule has 0 aliphatic rings. The zero-order chi connectivity index (χ0) is 19.3. The van der Waals surface area contributed by atoms with Gasteiger partial charge in [-0.3, -0.25) is 0 Å². The highest BCUT2D eigenvalue weighted by Crippen LogP contribution is 2.22. The molecule has 0 rings (SSSR count). The van der Waals surface area contributed by atoms with Crippen molar-refractivity contribution in [3.63, 3.8) is 0 Å². The van der Waals surface area contributed by atoms with Crippen LogP contribution in [0.2, 0.25) is 0 Å². The number of rotatable bonds is 14. The molecule has 1 heteroatoms. The van der Waals surface area contributed by atoms with Gasteiger partial charge in [-0.25, -0.2) is 0 Å². The molecular weight excluding hydrogens is 302 g/mol. The third-order valence-electron chi connectivity index (χ3n) is 5.22. The number of nitrogens with one attached hydrogen (secondary N) is 1. The first-order chi connectivity index (χ1) is 11.6. The molecule has 0 heterocycles. The zero-order valence-corrected chi connectivity index (χ0v) is 18.9. The molecule has 0 fully saturated rings. The van der Waals surface area contributed by atoms with Gasteiger partial charge in [-0.05, 0) is 58.3 Å². The van der Waals surface area contributed by atoms with Gasteiger partial charge in [0.1, 0.15) is 0 Å². The lowest BCUT2D eigenvalue weighted by Gasteiger charge is -2.19. The van der Waals surface area contributed by atoms with E-state index in [2.05, 4.69) is 66.8 Å². The minimum Gasteiger partial charge on any atom is -0.309 e. The summed E-state index contributed by atoms with van der Waals surface area (Å²) < 4.78 is 0. The molecule has 150 valence electrons. The average molecular weight is 352 g/mol. The van der Waals surface area contributed by atoms with Gasteiger partial charge in [0, 0.05) is 12.1 Å². The SMILES string of the molecule is CC(=CCNC(C)(C)C)CCCC(C)CCCC(C)CCCC(C)C. The summed E-state index contributed by atoms with van der Waals surface area (Å²) in [4.78, 5) is 0. The summed E-state index contributed by atoms with van der Waals surface area (Å²) >= 11 is 0. The van der Waals surface area contributed by atoms with Crippen molar-refractivity contribution in [2.75, 3.05) is 6.54 Å². The van der Waals surface area contributed by atoms with Crippen molar-refractivity contribution in [2.24, 2.45) is 17.8 Å². The molecule has 0 bridgehead atoms. The first kappa shape index (κ1) is 24.7. The topological polar surface area (TPSA) is 12.0 Å². The Bertz CT molecular complexity index is 334. The fourth-order valence-electron chi connectivity index (χ4n) is 3.34. The van der Waals surface area contributed by atoms with Crippen LogP contribution in [0, 0.1) is 17.8 Å². The number of hydrogen-bond acceptors (Lipinski definition) is 1. The maximum atomic E-state index is 3.53. The molecule has 1 nitrogen and oxygen atoms in total. The Balaban J connectivity index is 3.66. The Morgan fingerprint density at radius 1 is 0.800 bits per heavy atom. The molecule has 25 heavy (non-hydrogen) atoms. The van der Waals surface area contributed by atoms with Crippen LogP contribution in [0.5, 0.6) is 0 Å². The summed E-state index contributed by atoms with van der Waals surface area (Å²) in [6.07, 6.45) is 14.9. The van der Waals surface area contributed by atoms with Crippen LogP contribution in [0.15, 0.2) is 11.6 Å². The highest BCUT2D eigenvalue weighted by atomic mass is 14.9. The number of allylic oxidation sites excluding steroid dienone is 1. The van der Waals surface area contributed by atoms with Crippen LogP contribution < -0.4 is 5.32 Å².